The topological polar surface area (TPSA) is 119 Å². The lowest BCUT2D eigenvalue weighted by molar-refractivity contribution is -0.0129. The molecule has 0 fully saturated rings. The van der Waals surface area contributed by atoms with Crippen molar-refractivity contribution in [2.24, 2.45) is 10.7 Å². The number of carbonyl (C=O) groups excluding carboxylic acids is 1. The number of anilines is 1. The Balaban J connectivity index is 1.81. The van der Waals surface area contributed by atoms with Gasteiger partial charge in [0.05, 0.1) is 6.61 Å². The first-order valence-corrected chi connectivity index (χ1v) is 8.73. The number of halogens is 3. The van der Waals surface area contributed by atoms with Gasteiger partial charge in [-0.15, -0.1) is 0 Å². The van der Waals surface area contributed by atoms with Crippen LogP contribution >= 0.6 is 15.9 Å². The van der Waals surface area contributed by atoms with E-state index >= 15 is 0 Å². The van der Waals surface area contributed by atoms with E-state index in [1.54, 1.807) is 0 Å². The zero-order valence-electron chi connectivity index (χ0n) is 14.2. The van der Waals surface area contributed by atoms with E-state index < -0.39 is 18.1 Å². The van der Waals surface area contributed by atoms with Crippen LogP contribution in [0.25, 0.3) is 0 Å². The van der Waals surface area contributed by atoms with Gasteiger partial charge >= 0.3 is 6.09 Å². The fourth-order valence-corrected chi connectivity index (χ4v) is 2.93. The Labute approximate surface area is 166 Å². The van der Waals surface area contributed by atoms with E-state index in [-0.39, 0.29) is 41.9 Å². The average Bonchev–Trinajstić information content (AvgIpc) is 2.64. The highest BCUT2D eigenvalue weighted by molar-refractivity contribution is 9.10. The normalized spacial score (nSPS) is 19.2. The van der Waals surface area contributed by atoms with E-state index in [1.807, 2.05) is 0 Å². The number of aromatic hydroxyl groups is 1. The highest BCUT2D eigenvalue weighted by Gasteiger charge is 2.44. The molecule has 11 heteroatoms. The lowest BCUT2D eigenvalue weighted by Crippen LogP contribution is -2.44. The van der Waals surface area contributed by atoms with Crippen molar-refractivity contribution in [2.45, 2.75) is 12.0 Å². The fraction of sp³-hybridized carbons (Fsp3) is 0.235. The number of alkyl halides is 2. The summed E-state index contributed by atoms with van der Waals surface area (Å²) >= 11 is 3.11. The summed E-state index contributed by atoms with van der Waals surface area (Å²) in [7, 11) is 0. The fourth-order valence-electron chi connectivity index (χ4n) is 2.61. The molecule has 1 aromatic carbocycles. The highest BCUT2D eigenvalue weighted by atomic mass is 79.9. The van der Waals surface area contributed by atoms with Crippen LogP contribution in [0.15, 0.2) is 46.0 Å². The molecular formula is C17H15BrF2N4O4. The molecule has 2 aromatic rings. The molecule has 0 spiro atoms. The van der Waals surface area contributed by atoms with Gasteiger partial charge in [0.1, 0.15) is 12.4 Å². The van der Waals surface area contributed by atoms with E-state index in [9.17, 15) is 18.7 Å². The summed E-state index contributed by atoms with van der Waals surface area (Å²) in [4.78, 5) is 19.7. The SMILES string of the molecule is NC1=NC(c2cccc(NC(=O)Oc3ncc(Br)cc3O)c2)(C(F)F)COC1. The predicted molar refractivity (Wildman–Crippen MR) is 99.8 cm³/mol. The van der Waals surface area contributed by atoms with Gasteiger partial charge in [-0.05, 0) is 33.6 Å². The Bertz CT molecular complexity index is 928. The zero-order chi connectivity index (χ0) is 20.3. The maximum Gasteiger partial charge on any atom is 0.418 e. The first kappa shape index (κ1) is 20.0. The highest BCUT2D eigenvalue weighted by Crippen LogP contribution is 2.36. The number of amidine groups is 1. The van der Waals surface area contributed by atoms with Crippen LogP contribution in [0.3, 0.4) is 0 Å². The van der Waals surface area contributed by atoms with Crippen LogP contribution in [0.2, 0.25) is 0 Å². The van der Waals surface area contributed by atoms with Crippen molar-refractivity contribution in [1.29, 1.82) is 0 Å². The van der Waals surface area contributed by atoms with Gasteiger partial charge in [-0.3, -0.25) is 10.3 Å². The van der Waals surface area contributed by atoms with Crippen LogP contribution < -0.4 is 15.8 Å². The number of nitrogens with two attached hydrogens (primary N) is 1. The molecule has 148 valence electrons. The van der Waals surface area contributed by atoms with Gasteiger partial charge in [-0.25, -0.2) is 18.6 Å². The van der Waals surface area contributed by atoms with Crippen molar-refractivity contribution in [3.63, 3.8) is 0 Å². The summed E-state index contributed by atoms with van der Waals surface area (Å²) in [5.41, 5.74) is 3.92. The smallest absolute Gasteiger partial charge is 0.418 e. The van der Waals surface area contributed by atoms with Crippen molar-refractivity contribution in [3.05, 3.63) is 46.6 Å². The van der Waals surface area contributed by atoms with E-state index in [4.69, 9.17) is 15.2 Å². The molecule has 0 saturated heterocycles. The van der Waals surface area contributed by atoms with Crippen molar-refractivity contribution < 1.29 is 28.2 Å². The second-order valence-corrected chi connectivity index (χ2v) is 6.81. The molecular weight excluding hydrogens is 442 g/mol. The molecule has 0 saturated carbocycles. The number of aliphatic imine (C=N–C) groups is 1. The van der Waals surface area contributed by atoms with E-state index in [1.165, 1.54) is 36.5 Å². The summed E-state index contributed by atoms with van der Waals surface area (Å²) in [6, 6.07) is 7.03. The Morgan fingerprint density at radius 3 is 2.89 bits per heavy atom. The number of pyridine rings is 1. The summed E-state index contributed by atoms with van der Waals surface area (Å²) < 4.78 is 38.2. The van der Waals surface area contributed by atoms with Crippen LogP contribution in [-0.4, -0.2) is 41.7 Å². The monoisotopic (exact) mass is 456 g/mol. The molecule has 3 rings (SSSR count). The average molecular weight is 457 g/mol. The minimum atomic E-state index is -2.88. The molecule has 0 bridgehead atoms. The van der Waals surface area contributed by atoms with E-state index in [2.05, 4.69) is 31.2 Å². The molecule has 1 amide bonds. The minimum Gasteiger partial charge on any atom is -0.503 e. The van der Waals surface area contributed by atoms with Gasteiger partial charge in [0.15, 0.2) is 11.3 Å². The third-order valence-corrected chi connectivity index (χ3v) is 4.31. The number of rotatable bonds is 4. The largest absolute Gasteiger partial charge is 0.503 e. The molecule has 0 radical (unpaired) electrons. The Hall–Kier alpha value is -2.79. The molecule has 1 aliphatic rings. The number of nitrogens with zero attached hydrogens (tertiary/aromatic N) is 2. The van der Waals surface area contributed by atoms with Crippen molar-refractivity contribution in [3.8, 4) is 11.6 Å². The molecule has 1 aromatic heterocycles. The molecule has 28 heavy (non-hydrogen) atoms. The van der Waals surface area contributed by atoms with Gasteiger partial charge in [-0.2, -0.15) is 0 Å². The molecule has 1 aliphatic heterocycles. The van der Waals surface area contributed by atoms with Crippen molar-refractivity contribution >= 4 is 33.5 Å². The lowest BCUT2D eigenvalue weighted by Gasteiger charge is -2.33. The van der Waals surface area contributed by atoms with E-state index in [0.29, 0.717) is 4.47 Å². The summed E-state index contributed by atoms with van der Waals surface area (Å²) in [5, 5.41) is 12.1. The Morgan fingerprint density at radius 2 is 2.21 bits per heavy atom. The molecule has 0 aliphatic carbocycles. The predicted octanol–water partition coefficient (Wildman–Crippen LogP) is 3.01. The van der Waals surface area contributed by atoms with Crippen LogP contribution in [0, 0.1) is 0 Å². The Kier molecular flexibility index (Phi) is 5.75. The standard InChI is InChI=1S/C17H15BrF2N4O4/c18-10-5-12(25)14(22-6-10)28-16(26)23-11-3-1-2-9(4-11)17(15(19)20)8-27-7-13(21)24-17/h1-6,15,25H,7-8H2,(H2,21,24)(H,23,26). The summed E-state index contributed by atoms with van der Waals surface area (Å²) in [5.74, 6) is -0.695. The van der Waals surface area contributed by atoms with Crippen LogP contribution in [0.1, 0.15) is 5.56 Å². The maximum atomic E-state index is 13.8. The van der Waals surface area contributed by atoms with Gasteiger partial charge in [0, 0.05) is 22.4 Å². The first-order valence-electron chi connectivity index (χ1n) is 7.94. The van der Waals surface area contributed by atoms with Crippen LogP contribution in [0.4, 0.5) is 19.3 Å². The van der Waals surface area contributed by atoms with E-state index in [0.717, 1.165) is 0 Å². The number of hydrogen-bond acceptors (Lipinski definition) is 7. The third-order valence-electron chi connectivity index (χ3n) is 3.87. The first-order chi connectivity index (χ1) is 13.3. The lowest BCUT2D eigenvalue weighted by atomic mass is 9.90. The molecule has 2 heterocycles. The maximum absolute atomic E-state index is 13.8. The van der Waals surface area contributed by atoms with Gasteiger partial charge in [0.2, 0.25) is 0 Å². The van der Waals surface area contributed by atoms with Crippen molar-refractivity contribution in [2.75, 3.05) is 18.5 Å². The zero-order valence-corrected chi connectivity index (χ0v) is 15.8. The number of nitrogens with one attached hydrogen (secondary N) is 1. The minimum absolute atomic E-state index is 0.0254. The van der Waals surface area contributed by atoms with Gasteiger partial charge in [0.25, 0.3) is 12.3 Å². The number of carbonyl (C=O) groups is 1. The molecule has 1 unspecified atom stereocenters. The number of hydrogen-bond donors (Lipinski definition) is 3. The second kappa shape index (κ2) is 8.07. The van der Waals surface area contributed by atoms with Gasteiger partial charge in [-0.1, -0.05) is 12.1 Å². The van der Waals surface area contributed by atoms with Crippen LogP contribution in [-0.2, 0) is 10.3 Å². The molecule has 8 nitrogen and oxygen atoms in total. The summed E-state index contributed by atoms with van der Waals surface area (Å²) in [6.07, 6.45) is -2.50. The Morgan fingerprint density at radius 1 is 1.43 bits per heavy atom. The quantitative estimate of drug-likeness (QED) is 0.650. The number of amides is 1. The molecule has 1 atom stereocenters. The van der Waals surface area contributed by atoms with Crippen LogP contribution in [0.5, 0.6) is 11.6 Å². The number of ether oxygens (including phenoxy) is 2. The van der Waals surface area contributed by atoms with Gasteiger partial charge < -0.3 is 20.3 Å². The number of benzene rings is 1. The summed E-state index contributed by atoms with van der Waals surface area (Å²) in [6.45, 7) is -0.377. The number of aromatic nitrogens is 1. The van der Waals surface area contributed by atoms with Crippen molar-refractivity contribution in [1.82, 2.24) is 4.98 Å². The third kappa shape index (κ3) is 4.20. The molecule has 4 N–H and O–H groups in total. The second-order valence-electron chi connectivity index (χ2n) is 5.89.